The van der Waals surface area contributed by atoms with Crippen molar-refractivity contribution in [2.45, 2.75) is 0 Å². The van der Waals surface area contributed by atoms with Crippen LogP contribution in [-0.4, -0.2) is 21.1 Å². The van der Waals surface area contributed by atoms with Gasteiger partial charge in [-0.25, -0.2) is 0 Å². The SMILES string of the molecule is O=C(Nc1cccc(Br)c1)c1cc(-c2cccnc2)n[nH]1. The van der Waals surface area contributed by atoms with Gasteiger partial charge in [0.25, 0.3) is 5.91 Å². The van der Waals surface area contributed by atoms with E-state index in [1.165, 1.54) is 0 Å². The van der Waals surface area contributed by atoms with Gasteiger partial charge in [0.15, 0.2) is 0 Å². The first-order valence-electron chi connectivity index (χ1n) is 6.25. The lowest BCUT2D eigenvalue weighted by Crippen LogP contribution is -2.12. The summed E-state index contributed by atoms with van der Waals surface area (Å²) in [6.45, 7) is 0. The molecule has 5 nitrogen and oxygen atoms in total. The topological polar surface area (TPSA) is 70.7 Å². The van der Waals surface area contributed by atoms with Gasteiger partial charge in [-0.1, -0.05) is 22.0 Å². The summed E-state index contributed by atoms with van der Waals surface area (Å²) < 4.78 is 0.904. The molecular formula is C15H11BrN4O. The second-order valence-corrected chi connectivity index (χ2v) is 5.29. The Kier molecular flexibility index (Phi) is 3.79. The number of benzene rings is 1. The fourth-order valence-electron chi connectivity index (χ4n) is 1.86. The summed E-state index contributed by atoms with van der Waals surface area (Å²) in [6, 6.07) is 12.8. The van der Waals surface area contributed by atoms with Crippen LogP contribution in [0.25, 0.3) is 11.3 Å². The summed E-state index contributed by atoms with van der Waals surface area (Å²) in [5, 5.41) is 9.68. The molecule has 21 heavy (non-hydrogen) atoms. The first-order valence-corrected chi connectivity index (χ1v) is 7.04. The lowest BCUT2D eigenvalue weighted by atomic mass is 10.2. The van der Waals surface area contributed by atoms with Crippen molar-refractivity contribution in [2.24, 2.45) is 0 Å². The Labute approximate surface area is 129 Å². The third kappa shape index (κ3) is 3.17. The summed E-state index contributed by atoms with van der Waals surface area (Å²) in [5.41, 5.74) is 2.65. The molecule has 3 rings (SSSR count). The highest BCUT2D eigenvalue weighted by Crippen LogP contribution is 2.18. The highest BCUT2D eigenvalue weighted by atomic mass is 79.9. The molecule has 2 N–H and O–H groups in total. The normalized spacial score (nSPS) is 10.3. The van der Waals surface area contributed by atoms with Gasteiger partial charge in [0.1, 0.15) is 5.69 Å². The van der Waals surface area contributed by atoms with E-state index in [1.807, 2.05) is 36.4 Å². The first kappa shape index (κ1) is 13.5. The van der Waals surface area contributed by atoms with Gasteiger partial charge in [-0.3, -0.25) is 14.9 Å². The zero-order valence-corrected chi connectivity index (χ0v) is 12.5. The van der Waals surface area contributed by atoms with Crippen LogP contribution in [0, 0.1) is 0 Å². The van der Waals surface area contributed by atoms with E-state index < -0.39 is 0 Å². The Morgan fingerprint density at radius 1 is 1.19 bits per heavy atom. The number of aromatic amines is 1. The molecule has 0 radical (unpaired) electrons. The van der Waals surface area contributed by atoms with Crippen LogP contribution in [0.3, 0.4) is 0 Å². The Morgan fingerprint density at radius 3 is 2.86 bits per heavy atom. The zero-order valence-electron chi connectivity index (χ0n) is 10.9. The van der Waals surface area contributed by atoms with Crippen LogP contribution in [0.5, 0.6) is 0 Å². The summed E-state index contributed by atoms with van der Waals surface area (Å²) in [7, 11) is 0. The van der Waals surface area contributed by atoms with E-state index in [0.29, 0.717) is 17.1 Å². The van der Waals surface area contributed by atoms with Crippen molar-refractivity contribution in [2.75, 3.05) is 5.32 Å². The Morgan fingerprint density at radius 2 is 2.10 bits per heavy atom. The third-order valence-electron chi connectivity index (χ3n) is 2.86. The van der Waals surface area contributed by atoms with Gasteiger partial charge in [0.2, 0.25) is 0 Å². The highest BCUT2D eigenvalue weighted by Gasteiger charge is 2.11. The van der Waals surface area contributed by atoms with Gasteiger partial charge in [0, 0.05) is 28.1 Å². The zero-order chi connectivity index (χ0) is 14.7. The molecule has 0 saturated carbocycles. The number of aromatic nitrogens is 3. The maximum Gasteiger partial charge on any atom is 0.273 e. The fraction of sp³-hybridized carbons (Fsp3) is 0. The number of nitrogens with zero attached hydrogens (tertiary/aromatic N) is 2. The van der Waals surface area contributed by atoms with E-state index in [-0.39, 0.29) is 5.91 Å². The minimum Gasteiger partial charge on any atom is -0.321 e. The van der Waals surface area contributed by atoms with Crippen molar-refractivity contribution < 1.29 is 4.79 Å². The molecule has 0 bridgehead atoms. The average Bonchev–Trinajstić information content (AvgIpc) is 2.98. The lowest BCUT2D eigenvalue weighted by molar-refractivity contribution is 0.102. The maximum atomic E-state index is 12.2. The summed E-state index contributed by atoms with van der Waals surface area (Å²) in [4.78, 5) is 16.2. The second kappa shape index (κ2) is 5.88. The third-order valence-corrected chi connectivity index (χ3v) is 3.36. The second-order valence-electron chi connectivity index (χ2n) is 4.37. The summed E-state index contributed by atoms with van der Waals surface area (Å²) >= 11 is 3.36. The van der Waals surface area contributed by atoms with Crippen LogP contribution in [0.2, 0.25) is 0 Å². The molecule has 0 atom stereocenters. The lowest BCUT2D eigenvalue weighted by Gasteiger charge is -2.03. The molecule has 2 heterocycles. The molecule has 6 heteroatoms. The molecule has 0 aliphatic carbocycles. The van der Waals surface area contributed by atoms with Crippen LogP contribution >= 0.6 is 15.9 Å². The first-order chi connectivity index (χ1) is 10.2. The number of carbonyl (C=O) groups excluding carboxylic acids is 1. The van der Waals surface area contributed by atoms with Crippen molar-refractivity contribution in [3.05, 3.63) is 65.0 Å². The van der Waals surface area contributed by atoms with Crippen LogP contribution in [-0.2, 0) is 0 Å². The minimum atomic E-state index is -0.240. The van der Waals surface area contributed by atoms with Gasteiger partial charge in [-0.15, -0.1) is 0 Å². The number of rotatable bonds is 3. The predicted octanol–water partition coefficient (Wildman–Crippen LogP) is 3.49. The average molecular weight is 343 g/mol. The molecular weight excluding hydrogens is 332 g/mol. The molecule has 1 amide bonds. The highest BCUT2D eigenvalue weighted by molar-refractivity contribution is 9.10. The Balaban J connectivity index is 1.78. The molecule has 0 aliphatic rings. The number of nitrogens with one attached hydrogen (secondary N) is 2. The molecule has 0 aliphatic heterocycles. The number of hydrogen-bond acceptors (Lipinski definition) is 3. The summed E-state index contributed by atoms with van der Waals surface area (Å²) in [6.07, 6.45) is 3.39. The van der Waals surface area contributed by atoms with Crippen LogP contribution in [0.15, 0.2) is 59.3 Å². The van der Waals surface area contributed by atoms with Gasteiger partial charge >= 0.3 is 0 Å². The van der Waals surface area contributed by atoms with Crippen LogP contribution < -0.4 is 5.32 Å². The van der Waals surface area contributed by atoms with E-state index in [2.05, 4.69) is 36.4 Å². The predicted molar refractivity (Wildman–Crippen MR) is 83.9 cm³/mol. The molecule has 0 saturated heterocycles. The number of pyridine rings is 1. The number of carbonyl (C=O) groups is 1. The standard InChI is InChI=1S/C15H11BrN4O/c16-11-4-1-5-12(7-11)18-15(21)14-8-13(19-20-14)10-3-2-6-17-9-10/h1-9H,(H,18,21)(H,19,20). The van der Waals surface area contributed by atoms with Gasteiger partial charge in [0.05, 0.1) is 5.69 Å². The van der Waals surface area contributed by atoms with Crippen LogP contribution in [0.1, 0.15) is 10.5 Å². The van der Waals surface area contributed by atoms with Crippen molar-refractivity contribution in [3.8, 4) is 11.3 Å². The molecule has 104 valence electrons. The van der Waals surface area contributed by atoms with Crippen molar-refractivity contribution in [3.63, 3.8) is 0 Å². The number of H-pyrrole nitrogens is 1. The molecule has 0 spiro atoms. The number of amides is 1. The minimum absolute atomic E-state index is 0.240. The monoisotopic (exact) mass is 342 g/mol. The van der Waals surface area contributed by atoms with Crippen molar-refractivity contribution >= 4 is 27.5 Å². The molecule has 2 aromatic heterocycles. The number of hydrogen-bond donors (Lipinski definition) is 2. The molecule has 1 aromatic carbocycles. The Bertz CT molecular complexity index is 770. The largest absolute Gasteiger partial charge is 0.321 e. The van der Waals surface area contributed by atoms with Gasteiger partial charge < -0.3 is 5.32 Å². The summed E-state index contributed by atoms with van der Waals surface area (Å²) in [5.74, 6) is -0.240. The van der Waals surface area contributed by atoms with E-state index in [1.54, 1.807) is 18.5 Å². The fourth-order valence-corrected chi connectivity index (χ4v) is 2.26. The van der Waals surface area contributed by atoms with E-state index >= 15 is 0 Å². The van der Waals surface area contributed by atoms with E-state index in [4.69, 9.17) is 0 Å². The van der Waals surface area contributed by atoms with E-state index in [0.717, 1.165) is 10.0 Å². The van der Waals surface area contributed by atoms with Crippen LogP contribution in [0.4, 0.5) is 5.69 Å². The van der Waals surface area contributed by atoms with Crippen molar-refractivity contribution in [1.29, 1.82) is 0 Å². The van der Waals surface area contributed by atoms with Gasteiger partial charge in [-0.05, 0) is 36.4 Å². The molecule has 3 aromatic rings. The Hall–Kier alpha value is -2.47. The van der Waals surface area contributed by atoms with Gasteiger partial charge in [-0.2, -0.15) is 5.10 Å². The quantitative estimate of drug-likeness (QED) is 0.765. The molecule has 0 unspecified atom stereocenters. The maximum absolute atomic E-state index is 12.2. The van der Waals surface area contributed by atoms with Crippen molar-refractivity contribution in [1.82, 2.24) is 15.2 Å². The molecule has 0 fully saturated rings. The number of anilines is 1. The number of halogens is 1. The smallest absolute Gasteiger partial charge is 0.273 e. The van der Waals surface area contributed by atoms with E-state index in [9.17, 15) is 4.79 Å².